The molecule has 0 bridgehead atoms. The maximum Gasteiger partial charge on any atom is 0.0387 e. The SMILES string of the molecule is CCC(c1ccccc1)C(NC)c1cc(C)cc(C)c1. The standard InChI is InChI=1S/C19H25N/c1-5-18(16-9-7-6-8-10-16)19(20-4)17-12-14(2)11-15(3)13-17/h6-13,18-20H,5H2,1-4H3. The summed E-state index contributed by atoms with van der Waals surface area (Å²) >= 11 is 0. The zero-order chi connectivity index (χ0) is 14.5. The second-order valence-corrected chi connectivity index (χ2v) is 5.61. The molecule has 1 nitrogen and oxygen atoms in total. The van der Waals surface area contributed by atoms with E-state index in [1.54, 1.807) is 0 Å². The summed E-state index contributed by atoms with van der Waals surface area (Å²) in [6, 6.07) is 18.0. The fraction of sp³-hybridized carbons (Fsp3) is 0.368. The van der Waals surface area contributed by atoms with Crippen LogP contribution in [0.4, 0.5) is 0 Å². The van der Waals surface area contributed by atoms with Gasteiger partial charge in [0.2, 0.25) is 0 Å². The first kappa shape index (κ1) is 14.8. The zero-order valence-corrected chi connectivity index (χ0v) is 13.0. The lowest BCUT2D eigenvalue weighted by Crippen LogP contribution is -2.24. The number of hydrogen-bond donors (Lipinski definition) is 1. The lowest BCUT2D eigenvalue weighted by molar-refractivity contribution is 0.467. The Labute approximate surface area is 123 Å². The lowest BCUT2D eigenvalue weighted by atomic mass is 9.84. The molecule has 0 aromatic heterocycles. The van der Waals surface area contributed by atoms with Gasteiger partial charge in [-0.15, -0.1) is 0 Å². The Kier molecular flexibility index (Phi) is 4.97. The zero-order valence-electron chi connectivity index (χ0n) is 13.0. The van der Waals surface area contributed by atoms with E-state index >= 15 is 0 Å². The average Bonchev–Trinajstić information content (AvgIpc) is 2.44. The largest absolute Gasteiger partial charge is 0.312 e. The van der Waals surface area contributed by atoms with Crippen LogP contribution in [0.1, 0.15) is 47.6 Å². The van der Waals surface area contributed by atoms with E-state index in [9.17, 15) is 0 Å². The maximum absolute atomic E-state index is 3.52. The van der Waals surface area contributed by atoms with E-state index in [4.69, 9.17) is 0 Å². The van der Waals surface area contributed by atoms with Crippen molar-refractivity contribution in [3.05, 3.63) is 70.8 Å². The summed E-state index contributed by atoms with van der Waals surface area (Å²) in [7, 11) is 2.06. The molecule has 0 aliphatic heterocycles. The van der Waals surface area contributed by atoms with Crippen LogP contribution in [0.5, 0.6) is 0 Å². The molecule has 2 rings (SSSR count). The van der Waals surface area contributed by atoms with Gasteiger partial charge in [0.05, 0.1) is 0 Å². The molecule has 20 heavy (non-hydrogen) atoms. The van der Waals surface area contributed by atoms with Crippen LogP contribution in [0.2, 0.25) is 0 Å². The summed E-state index contributed by atoms with van der Waals surface area (Å²) in [6.07, 6.45) is 1.13. The number of rotatable bonds is 5. The Hall–Kier alpha value is -1.60. The summed E-state index contributed by atoms with van der Waals surface area (Å²) in [5, 5.41) is 3.52. The third-order valence-electron chi connectivity index (χ3n) is 3.98. The molecule has 0 saturated heterocycles. The Bertz CT molecular complexity index is 525. The highest BCUT2D eigenvalue weighted by atomic mass is 14.9. The fourth-order valence-corrected chi connectivity index (χ4v) is 3.15. The van der Waals surface area contributed by atoms with Crippen molar-refractivity contribution in [3.8, 4) is 0 Å². The first-order chi connectivity index (χ1) is 9.65. The van der Waals surface area contributed by atoms with Crippen molar-refractivity contribution in [2.45, 2.75) is 39.2 Å². The van der Waals surface area contributed by atoms with Gasteiger partial charge in [-0.3, -0.25) is 0 Å². The van der Waals surface area contributed by atoms with Crippen molar-refractivity contribution < 1.29 is 0 Å². The summed E-state index contributed by atoms with van der Waals surface area (Å²) in [5.74, 6) is 0.502. The highest BCUT2D eigenvalue weighted by Gasteiger charge is 2.22. The molecule has 0 saturated carbocycles. The van der Waals surface area contributed by atoms with Crippen molar-refractivity contribution in [1.82, 2.24) is 5.32 Å². The molecular weight excluding hydrogens is 242 g/mol. The Morgan fingerprint density at radius 1 is 0.900 bits per heavy atom. The van der Waals surface area contributed by atoms with Gasteiger partial charge in [-0.2, -0.15) is 0 Å². The summed E-state index contributed by atoms with van der Waals surface area (Å²) < 4.78 is 0. The number of nitrogens with one attached hydrogen (secondary N) is 1. The van der Waals surface area contributed by atoms with Crippen LogP contribution in [0.15, 0.2) is 48.5 Å². The molecule has 0 heterocycles. The molecular formula is C19H25N. The first-order valence-electron chi connectivity index (χ1n) is 7.46. The number of aryl methyl sites for hydroxylation is 2. The van der Waals surface area contributed by atoms with Gasteiger partial charge in [-0.1, -0.05) is 66.6 Å². The second kappa shape index (κ2) is 6.71. The third kappa shape index (κ3) is 3.29. The smallest absolute Gasteiger partial charge is 0.0387 e. The Morgan fingerprint density at radius 3 is 2.00 bits per heavy atom. The average molecular weight is 267 g/mol. The summed E-state index contributed by atoms with van der Waals surface area (Å²) in [5.41, 5.74) is 5.47. The number of likely N-dealkylation sites (N-methyl/N-ethyl adjacent to an activating group) is 1. The molecule has 0 aliphatic carbocycles. The van der Waals surface area contributed by atoms with Crippen LogP contribution < -0.4 is 5.32 Å². The van der Waals surface area contributed by atoms with Crippen LogP contribution in [-0.4, -0.2) is 7.05 Å². The minimum absolute atomic E-state index is 0.362. The molecule has 0 amide bonds. The highest BCUT2D eigenvalue weighted by molar-refractivity contribution is 5.34. The molecule has 2 aromatic carbocycles. The van der Waals surface area contributed by atoms with Crippen LogP contribution in [0.25, 0.3) is 0 Å². The predicted molar refractivity (Wildman–Crippen MR) is 87.2 cm³/mol. The van der Waals surface area contributed by atoms with E-state index < -0.39 is 0 Å². The van der Waals surface area contributed by atoms with Gasteiger partial charge in [0.15, 0.2) is 0 Å². The lowest BCUT2D eigenvalue weighted by Gasteiger charge is -2.27. The van der Waals surface area contributed by atoms with E-state index in [0.29, 0.717) is 12.0 Å². The summed E-state index contributed by atoms with van der Waals surface area (Å²) in [6.45, 7) is 6.62. The van der Waals surface area contributed by atoms with Crippen molar-refractivity contribution in [1.29, 1.82) is 0 Å². The van der Waals surface area contributed by atoms with Gasteiger partial charge in [0.25, 0.3) is 0 Å². The van der Waals surface area contributed by atoms with Crippen LogP contribution >= 0.6 is 0 Å². The Morgan fingerprint density at radius 2 is 1.50 bits per heavy atom. The quantitative estimate of drug-likeness (QED) is 0.823. The molecule has 0 aliphatic rings. The van der Waals surface area contributed by atoms with Gasteiger partial charge in [0.1, 0.15) is 0 Å². The second-order valence-electron chi connectivity index (χ2n) is 5.61. The predicted octanol–water partition coefficient (Wildman–Crippen LogP) is 4.76. The van der Waals surface area contributed by atoms with Crippen molar-refractivity contribution >= 4 is 0 Å². The van der Waals surface area contributed by atoms with E-state index in [0.717, 1.165) is 6.42 Å². The molecule has 2 aromatic rings. The maximum atomic E-state index is 3.52. The van der Waals surface area contributed by atoms with Gasteiger partial charge in [0, 0.05) is 12.0 Å². The van der Waals surface area contributed by atoms with Crippen molar-refractivity contribution in [2.75, 3.05) is 7.05 Å². The Balaban J connectivity index is 2.39. The molecule has 0 spiro atoms. The third-order valence-corrected chi connectivity index (χ3v) is 3.98. The van der Waals surface area contributed by atoms with Gasteiger partial charge < -0.3 is 5.32 Å². The molecule has 0 fully saturated rings. The molecule has 2 unspecified atom stereocenters. The van der Waals surface area contributed by atoms with E-state index in [-0.39, 0.29) is 0 Å². The van der Waals surface area contributed by atoms with Gasteiger partial charge >= 0.3 is 0 Å². The van der Waals surface area contributed by atoms with E-state index in [2.05, 4.69) is 81.7 Å². The van der Waals surface area contributed by atoms with Crippen molar-refractivity contribution in [2.24, 2.45) is 0 Å². The molecule has 0 radical (unpaired) electrons. The highest BCUT2D eigenvalue weighted by Crippen LogP contribution is 2.34. The molecule has 106 valence electrons. The molecule has 1 heteroatoms. The van der Waals surface area contributed by atoms with Crippen molar-refractivity contribution in [3.63, 3.8) is 0 Å². The van der Waals surface area contributed by atoms with Crippen LogP contribution in [0, 0.1) is 13.8 Å². The van der Waals surface area contributed by atoms with Crippen LogP contribution in [-0.2, 0) is 0 Å². The topological polar surface area (TPSA) is 12.0 Å². The first-order valence-corrected chi connectivity index (χ1v) is 7.46. The minimum Gasteiger partial charge on any atom is -0.312 e. The van der Waals surface area contributed by atoms with E-state index in [1.165, 1.54) is 22.3 Å². The van der Waals surface area contributed by atoms with E-state index in [1.807, 2.05) is 0 Å². The monoisotopic (exact) mass is 267 g/mol. The summed E-state index contributed by atoms with van der Waals surface area (Å²) in [4.78, 5) is 0. The minimum atomic E-state index is 0.362. The van der Waals surface area contributed by atoms with Gasteiger partial charge in [-0.25, -0.2) is 0 Å². The fourth-order valence-electron chi connectivity index (χ4n) is 3.15. The molecule has 2 atom stereocenters. The van der Waals surface area contributed by atoms with Gasteiger partial charge in [-0.05, 0) is 38.4 Å². The number of hydrogen-bond acceptors (Lipinski definition) is 1. The molecule has 1 N–H and O–H groups in total. The number of benzene rings is 2. The normalized spacial score (nSPS) is 14.0. The van der Waals surface area contributed by atoms with Crippen LogP contribution in [0.3, 0.4) is 0 Å².